The first-order chi connectivity index (χ1) is 7.79. The summed E-state index contributed by atoms with van der Waals surface area (Å²) in [6, 6.07) is 1.87. The van der Waals surface area contributed by atoms with Crippen molar-refractivity contribution in [3.05, 3.63) is 17.0 Å². The minimum absolute atomic E-state index is 0.554. The van der Waals surface area contributed by atoms with E-state index in [9.17, 15) is 0 Å². The summed E-state index contributed by atoms with van der Waals surface area (Å²) in [7, 11) is 0. The van der Waals surface area contributed by atoms with Crippen LogP contribution in [0.1, 0.15) is 19.2 Å². The first kappa shape index (κ1) is 12.0. The van der Waals surface area contributed by atoms with Gasteiger partial charge < -0.3 is 4.90 Å². The van der Waals surface area contributed by atoms with E-state index in [2.05, 4.69) is 14.9 Å². The third-order valence-electron chi connectivity index (χ3n) is 2.59. The molecular weight excluding hydrogens is 242 g/mol. The molecule has 0 bridgehead atoms. The molecule has 1 fully saturated rings. The monoisotopic (exact) mass is 257 g/mol. The van der Waals surface area contributed by atoms with Crippen LogP contribution in [0.3, 0.4) is 0 Å². The molecule has 1 saturated heterocycles. The van der Waals surface area contributed by atoms with Crippen molar-refractivity contribution in [2.75, 3.05) is 29.5 Å². The van der Waals surface area contributed by atoms with Gasteiger partial charge in [-0.2, -0.15) is 11.8 Å². The first-order valence-electron chi connectivity index (χ1n) is 5.65. The number of aryl methyl sites for hydroxylation is 1. The lowest BCUT2D eigenvalue weighted by atomic mass is 10.3. The zero-order valence-electron chi connectivity index (χ0n) is 9.45. The minimum atomic E-state index is 0.554. The Morgan fingerprint density at radius 3 is 3.06 bits per heavy atom. The summed E-state index contributed by atoms with van der Waals surface area (Å²) in [5.41, 5.74) is 0. The molecule has 0 spiro atoms. The quantitative estimate of drug-likeness (QED) is 0.762. The zero-order valence-corrected chi connectivity index (χ0v) is 11.0. The van der Waals surface area contributed by atoms with Gasteiger partial charge in [-0.3, -0.25) is 0 Å². The van der Waals surface area contributed by atoms with Gasteiger partial charge in [0, 0.05) is 31.3 Å². The number of nitrogens with zero attached hydrogens (tertiary/aromatic N) is 3. The summed E-state index contributed by atoms with van der Waals surface area (Å²) in [5.74, 6) is 4.23. The van der Waals surface area contributed by atoms with Crippen LogP contribution in [-0.2, 0) is 6.42 Å². The highest BCUT2D eigenvalue weighted by Gasteiger charge is 2.12. The average molecular weight is 258 g/mol. The highest BCUT2D eigenvalue weighted by Crippen LogP contribution is 2.20. The van der Waals surface area contributed by atoms with E-state index in [4.69, 9.17) is 11.6 Å². The fourth-order valence-electron chi connectivity index (χ4n) is 1.75. The van der Waals surface area contributed by atoms with Gasteiger partial charge in [-0.1, -0.05) is 18.5 Å². The van der Waals surface area contributed by atoms with Gasteiger partial charge in [0.25, 0.3) is 0 Å². The molecule has 1 aliphatic heterocycles. The SMILES string of the molecule is CCc1nc(Cl)cc(N2CCCSCC2)n1. The molecular formula is C11H16ClN3S. The number of rotatable bonds is 2. The molecule has 0 saturated carbocycles. The van der Waals surface area contributed by atoms with Gasteiger partial charge in [-0.15, -0.1) is 0 Å². The molecule has 0 N–H and O–H groups in total. The fraction of sp³-hybridized carbons (Fsp3) is 0.636. The molecule has 2 heterocycles. The average Bonchev–Trinajstić information content (AvgIpc) is 2.56. The Morgan fingerprint density at radius 1 is 1.38 bits per heavy atom. The Bertz CT molecular complexity index is 351. The number of hydrogen-bond donors (Lipinski definition) is 0. The summed E-state index contributed by atoms with van der Waals surface area (Å²) in [4.78, 5) is 11.0. The molecule has 16 heavy (non-hydrogen) atoms. The van der Waals surface area contributed by atoms with E-state index in [-0.39, 0.29) is 0 Å². The van der Waals surface area contributed by atoms with Gasteiger partial charge in [0.05, 0.1) is 0 Å². The second-order valence-corrected chi connectivity index (χ2v) is 5.38. The lowest BCUT2D eigenvalue weighted by Gasteiger charge is -2.21. The van der Waals surface area contributed by atoms with Crippen LogP contribution in [-0.4, -0.2) is 34.6 Å². The first-order valence-corrected chi connectivity index (χ1v) is 7.19. The molecule has 0 unspecified atom stereocenters. The lowest BCUT2D eigenvalue weighted by molar-refractivity contribution is 0.788. The summed E-state index contributed by atoms with van der Waals surface area (Å²) in [6.07, 6.45) is 2.05. The number of hydrogen-bond acceptors (Lipinski definition) is 4. The van der Waals surface area contributed by atoms with Gasteiger partial charge in [0.2, 0.25) is 0 Å². The Hall–Kier alpha value is -0.480. The van der Waals surface area contributed by atoms with Gasteiger partial charge in [-0.25, -0.2) is 9.97 Å². The van der Waals surface area contributed by atoms with Gasteiger partial charge >= 0.3 is 0 Å². The smallest absolute Gasteiger partial charge is 0.134 e. The molecule has 3 nitrogen and oxygen atoms in total. The van der Waals surface area contributed by atoms with Crippen LogP contribution in [0.5, 0.6) is 0 Å². The van der Waals surface area contributed by atoms with E-state index in [0.717, 1.165) is 31.2 Å². The van der Waals surface area contributed by atoms with Crippen LogP contribution in [0.25, 0.3) is 0 Å². The van der Waals surface area contributed by atoms with Crippen molar-refractivity contribution in [3.8, 4) is 0 Å². The number of aromatic nitrogens is 2. The summed E-state index contributed by atoms with van der Waals surface area (Å²) in [5, 5.41) is 0.554. The second kappa shape index (κ2) is 5.73. The molecule has 2 rings (SSSR count). The maximum Gasteiger partial charge on any atom is 0.134 e. The Balaban J connectivity index is 2.20. The molecule has 0 radical (unpaired) electrons. The molecule has 0 atom stereocenters. The number of halogens is 1. The third kappa shape index (κ3) is 3.01. The largest absolute Gasteiger partial charge is 0.356 e. The summed E-state index contributed by atoms with van der Waals surface area (Å²) >= 11 is 8.02. The van der Waals surface area contributed by atoms with E-state index in [0.29, 0.717) is 5.15 Å². The maximum absolute atomic E-state index is 6.01. The van der Waals surface area contributed by atoms with Crippen LogP contribution in [0, 0.1) is 0 Å². The summed E-state index contributed by atoms with van der Waals surface area (Å²) < 4.78 is 0. The van der Waals surface area contributed by atoms with Crippen LogP contribution >= 0.6 is 23.4 Å². The van der Waals surface area contributed by atoms with Crippen molar-refractivity contribution in [2.45, 2.75) is 19.8 Å². The number of thioether (sulfide) groups is 1. The minimum Gasteiger partial charge on any atom is -0.356 e. The Kier molecular flexibility index (Phi) is 4.29. The van der Waals surface area contributed by atoms with Crippen molar-refractivity contribution in [1.82, 2.24) is 9.97 Å². The van der Waals surface area contributed by atoms with Crippen LogP contribution < -0.4 is 4.90 Å². The van der Waals surface area contributed by atoms with Crippen molar-refractivity contribution in [3.63, 3.8) is 0 Å². The zero-order chi connectivity index (χ0) is 11.4. The van der Waals surface area contributed by atoms with Crippen LogP contribution in [0.15, 0.2) is 6.07 Å². The Labute approximate surface area is 106 Å². The maximum atomic E-state index is 6.01. The molecule has 88 valence electrons. The highest BCUT2D eigenvalue weighted by atomic mass is 35.5. The molecule has 1 aromatic rings. The molecule has 1 aromatic heterocycles. The van der Waals surface area contributed by atoms with Crippen molar-refractivity contribution in [2.24, 2.45) is 0 Å². The summed E-state index contributed by atoms with van der Waals surface area (Å²) in [6.45, 7) is 4.18. The normalized spacial score (nSPS) is 17.2. The van der Waals surface area contributed by atoms with Crippen molar-refractivity contribution < 1.29 is 0 Å². The van der Waals surface area contributed by atoms with Gasteiger partial charge in [-0.05, 0) is 12.2 Å². The van der Waals surface area contributed by atoms with Crippen LogP contribution in [0.4, 0.5) is 5.82 Å². The van der Waals surface area contributed by atoms with Crippen molar-refractivity contribution >= 4 is 29.2 Å². The van der Waals surface area contributed by atoms with Gasteiger partial charge in [0.15, 0.2) is 0 Å². The van der Waals surface area contributed by atoms with E-state index in [1.54, 1.807) is 0 Å². The lowest BCUT2D eigenvalue weighted by Crippen LogP contribution is -2.26. The highest BCUT2D eigenvalue weighted by molar-refractivity contribution is 7.99. The second-order valence-electron chi connectivity index (χ2n) is 3.77. The third-order valence-corrected chi connectivity index (χ3v) is 3.83. The van der Waals surface area contributed by atoms with Gasteiger partial charge in [0.1, 0.15) is 16.8 Å². The molecule has 5 heteroatoms. The van der Waals surface area contributed by atoms with E-state index < -0.39 is 0 Å². The predicted molar refractivity (Wildman–Crippen MR) is 70.6 cm³/mol. The predicted octanol–water partition coefficient (Wildman–Crippen LogP) is 2.64. The fourth-order valence-corrected chi connectivity index (χ4v) is 2.83. The molecule has 1 aliphatic rings. The standard InChI is InChI=1S/C11H16ClN3S/c1-2-10-13-9(12)8-11(14-10)15-4-3-6-16-7-5-15/h8H,2-7H2,1H3. The van der Waals surface area contributed by atoms with Crippen molar-refractivity contribution in [1.29, 1.82) is 0 Å². The van der Waals surface area contributed by atoms with E-state index in [1.807, 2.05) is 24.8 Å². The topological polar surface area (TPSA) is 29.0 Å². The van der Waals surface area contributed by atoms with E-state index >= 15 is 0 Å². The molecule has 0 aromatic carbocycles. The Morgan fingerprint density at radius 2 is 2.25 bits per heavy atom. The molecule has 0 amide bonds. The van der Waals surface area contributed by atoms with Crippen LogP contribution in [0.2, 0.25) is 5.15 Å². The van der Waals surface area contributed by atoms with E-state index in [1.165, 1.54) is 17.9 Å². The molecule has 0 aliphatic carbocycles. The number of anilines is 1.